The molecule has 0 unspecified atom stereocenters. The summed E-state index contributed by atoms with van der Waals surface area (Å²) in [6.07, 6.45) is 11.6. The van der Waals surface area contributed by atoms with Gasteiger partial charge in [0.25, 0.3) is 0 Å². The number of aryl methyl sites for hydroxylation is 2. The quantitative estimate of drug-likeness (QED) is 0.150. The maximum absolute atomic E-state index is 6.48. The Morgan fingerprint density at radius 1 is 0.462 bits per heavy atom. The second-order valence-corrected chi connectivity index (χ2v) is 13.0. The Morgan fingerprint density at radius 2 is 0.846 bits per heavy atom. The Labute approximate surface area is 302 Å². The highest BCUT2D eigenvalue weighted by atomic mass is 16.5. The number of rotatable bonds is 8. The van der Waals surface area contributed by atoms with E-state index in [4.69, 9.17) is 22.3 Å². The first-order valence-corrected chi connectivity index (χ1v) is 17.8. The van der Waals surface area contributed by atoms with Gasteiger partial charge in [0.1, 0.15) is 24.7 Å². The fourth-order valence-corrected chi connectivity index (χ4v) is 8.51. The van der Waals surface area contributed by atoms with E-state index in [2.05, 4.69) is 156 Å². The second kappa shape index (κ2) is 12.6. The van der Waals surface area contributed by atoms with Crippen molar-refractivity contribution in [2.24, 2.45) is 0 Å². The minimum atomic E-state index is 0.162. The average molecular weight is 673 g/mol. The number of hydrogen-bond donors (Lipinski definition) is 0. The summed E-state index contributed by atoms with van der Waals surface area (Å²) in [6.45, 7) is 6.30. The SMILES string of the molecule is C#CCOc1ccc2ccccc2c1-c1c2c3ccccc3n(CC)c2c(-c2c(OCC#C)ccc3ccccc23)c2c3ccccc3n(CC)c12. The molecule has 0 N–H and O–H groups in total. The highest BCUT2D eigenvalue weighted by molar-refractivity contribution is 6.35. The van der Waals surface area contributed by atoms with Gasteiger partial charge in [-0.3, -0.25) is 0 Å². The molecule has 9 aromatic rings. The number of terminal acetylenes is 2. The number of benzene rings is 7. The summed E-state index contributed by atoms with van der Waals surface area (Å²) in [5.74, 6) is 6.95. The highest BCUT2D eigenvalue weighted by Gasteiger charge is 2.31. The molecule has 7 aromatic carbocycles. The van der Waals surface area contributed by atoms with E-state index in [0.717, 1.165) is 90.2 Å². The number of hydrogen-bond acceptors (Lipinski definition) is 2. The molecular weight excluding hydrogens is 637 g/mol. The first kappa shape index (κ1) is 31.4. The molecule has 0 saturated heterocycles. The third-order valence-electron chi connectivity index (χ3n) is 10.5. The maximum Gasteiger partial charge on any atom is 0.148 e. The summed E-state index contributed by atoms with van der Waals surface area (Å²) < 4.78 is 17.9. The van der Waals surface area contributed by atoms with Gasteiger partial charge in [0.05, 0.1) is 11.0 Å². The molecule has 0 aliphatic heterocycles. The normalized spacial score (nSPS) is 11.5. The van der Waals surface area contributed by atoms with Gasteiger partial charge in [-0.15, -0.1) is 12.8 Å². The Bertz CT molecular complexity index is 2760. The van der Waals surface area contributed by atoms with Gasteiger partial charge >= 0.3 is 0 Å². The highest BCUT2D eigenvalue weighted by Crippen LogP contribution is 2.55. The minimum Gasteiger partial charge on any atom is -0.480 e. The van der Waals surface area contributed by atoms with Crippen molar-refractivity contribution in [3.05, 3.63) is 121 Å². The van der Waals surface area contributed by atoms with E-state index in [-0.39, 0.29) is 13.2 Å². The molecule has 0 bridgehead atoms. The summed E-state index contributed by atoms with van der Waals surface area (Å²) in [5, 5.41) is 9.15. The van der Waals surface area contributed by atoms with Gasteiger partial charge < -0.3 is 18.6 Å². The van der Waals surface area contributed by atoms with Crippen molar-refractivity contribution in [1.29, 1.82) is 0 Å². The van der Waals surface area contributed by atoms with Crippen molar-refractivity contribution >= 4 is 65.2 Å². The van der Waals surface area contributed by atoms with E-state index in [1.807, 2.05) is 0 Å². The van der Waals surface area contributed by atoms with E-state index in [9.17, 15) is 0 Å². The summed E-state index contributed by atoms with van der Waals surface area (Å²) in [6, 6.07) is 43.1. The molecule has 4 nitrogen and oxygen atoms in total. The number of nitrogens with zero attached hydrogens (tertiary/aromatic N) is 2. The van der Waals surface area contributed by atoms with E-state index < -0.39 is 0 Å². The largest absolute Gasteiger partial charge is 0.480 e. The second-order valence-electron chi connectivity index (χ2n) is 13.0. The van der Waals surface area contributed by atoms with Crippen molar-refractivity contribution in [3.63, 3.8) is 0 Å². The zero-order valence-electron chi connectivity index (χ0n) is 29.2. The van der Waals surface area contributed by atoms with Crippen LogP contribution in [0.1, 0.15) is 13.8 Å². The number of aromatic nitrogens is 2. The van der Waals surface area contributed by atoms with Crippen LogP contribution >= 0.6 is 0 Å². The molecule has 52 heavy (non-hydrogen) atoms. The topological polar surface area (TPSA) is 28.3 Å². The minimum absolute atomic E-state index is 0.162. The van der Waals surface area contributed by atoms with Gasteiger partial charge in [-0.2, -0.15) is 0 Å². The van der Waals surface area contributed by atoms with Crippen LogP contribution in [0.4, 0.5) is 0 Å². The van der Waals surface area contributed by atoms with E-state index >= 15 is 0 Å². The summed E-state index contributed by atoms with van der Waals surface area (Å²) in [5.41, 5.74) is 8.95. The number of ether oxygens (including phenoxy) is 2. The first-order valence-electron chi connectivity index (χ1n) is 17.8. The molecule has 9 rings (SSSR count). The Kier molecular flexibility index (Phi) is 7.61. The van der Waals surface area contributed by atoms with Crippen LogP contribution in [0.25, 0.3) is 87.4 Å². The van der Waals surface area contributed by atoms with E-state index in [1.54, 1.807) is 0 Å². The van der Waals surface area contributed by atoms with Crippen LogP contribution in [0.5, 0.6) is 11.5 Å². The fourth-order valence-electron chi connectivity index (χ4n) is 8.51. The lowest BCUT2D eigenvalue weighted by atomic mass is 9.86. The van der Waals surface area contributed by atoms with Gasteiger partial charge in [-0.05, 0) is 59.7 Å². The standard InChI is InChI=1S/C48H36N2O2/c1-5-29-51-39-27-25-31-17-9-11-19-33(31)41(39)45-43-35-21-13-15-23-37(35)50(8-4)48(43)46(44-36-22-14-16-24-38(36)49(7-3)47(44)45)42-34-20-12-10-18-32(34)26-28-40(42)52-30-6-2/h1-2,9-28H,7-8,29-30H2,3-4H3. The fraction of sp³-hybridized carbons (Fsp3) is 0.125. The molecule has 0 atom stereocenters. The van der Waals surface area contributed by atoms with Crippen molar-refractivity contribution in [2.75, 3.05) is 13.2 Å². The molecule has 4 heteroatoms. The lowest BCUT2D eigenvalue weighted by Crippen LogP contribution is -2.03. The summed E-state index contributed by atoms with van der Waals surface area (Å²) in [4.78, 5) is 0. The van der Waals surface area contributed by atoms with Crippen LogP contribution in [0.3, 0.4) is 0 Å². The van der Waals surface area contributed by atoms with Crippen molar-refractivity contribution in [2.45, 2.75) is 26.9 Å². The Hall–Kier alpha value is -6.62. The lowest BCUT2D eigenvalue weighted by molar-refractivity contribution is 0.372. The summed E-state index contributed by atoms with van der Waals surface area (Å²) in [7, 11) is 0. The first-order chi connectivity index (χ1) is 25.7. The van der Waals surface area contributed by atoms with Gasteiger partial charge in [0, 0.05) is 67.9 Å². The van der Waals surface area contributed by atoms with E-state index in [0.29, 0.717) is 0 Å². The van der Waals surface area contributed by atoms with Crippen LogP contribution in [0, 0.1) is 24.7 Å². The predicted octanol–water partition coefficient (Wildman–Crippen LogP) is 11.6. The molecule has 0 amide bonds. The van der Waals surface area contributed by atoms with Crippen LogP contribution in [-0.2, 0) is 13.1 Å². The van der Waals surface area contributed by atoms with Crippen molar-refractivity contribution in [3.8, 4) is 58.4 Å². The zero-order chi connectivity index (χ0) is 35.3. The van der Waals surface area contributed by atoms with Gasteiger partial charge in [0.2, 0.25) is 0 Å². The monoisotopic (exact) mass is 672 g/mol. The van der Waals surface area contributed by atoms with Crippen molar-refractivity contribution in [1.82, 2.24) is 9.13 Å². The smallest absolute Gasteiger partial charge is 0.148 e. The lowest BCUT2D eigenvalue weighted by Gasteiger charge is -2.22. The van der Waals surface area contributed by atoms with Gasteiger partial charge in [-0.25, -0.2) is 0 Å². The summed E-state index contributed by atoms with van der Waals surface area (Å²) >= 11 is 0. The third kappa shape index (κ3) is 4.51. The number of fused-ring (bicyclic) bond motifs is 8. The van der Waals surface area contributed by atoms with Crippen molar-refractivity contribution < 1.29 is 9.47 Å². The Morgan fingerprint density at radius 3 is 1.25 bits per heavy atom. The molecule has 0 fully saturated rings. The third-order valence-corrected chi connectivity index (χ3v) is 10.5. The van der Waals surface area contributed by atoms with Gasteiger partial charge in [0.15, 0.2) is 0 Å². The predicted molar refractivity (Wildman–Crippen MR) is 218 cm³/mol. The molecule has 0 saturated carbocycles. The molecule has 2 aromatic heterocycles. The van der Waals surface area contributed by atoms with Crippen LogP contribution in [-0.4, -0.2) is 22.3 Å². The van der Waals surface area contributed by atoms with Crippen LogP contribution in [0.15, 0.2) is 121 Å². The van der Waals surface area contributed by atoms with E-state index in [1.165, 1.54) is 21.8 Å². The average Bonchev–Trinajstić information content (AvgIpc) is 3.71. The molecule has 0 radical (unpaired) electrons. The van der Waals surface area contributed by atoms with Crippen LogP contribution in [0.2, 0.25) is 0 Å². The van der Waals surface area contributed by atoms with Crippen LogP contribution < -0.4 is 9.47 Å². The molecule has 0 spiro atoms. The molecule has 2 heterocycles. The number of para-hydroxylation sites is 2. The maximum atomic E-state index is 6.48. The molecular formula is C48H36N2O2. The Balaban J connectivity index is 1.66. The van der Waals surface area contributed by atoms with Gasteiger partial charge in [-0.1, -0.05) is 109 Å². The molecule has 250 valence electrons. The molecule has 0 aliphatic carbocycles. The zero-order valence-corrected chi connectivity index (χ0v) is 29.2. The molecule has 0 aliphatic rings.